The molecular weight excluding hydrogens is 684 g/mol. The van der Waals surface area contributed by atoms with Crippen molar-refractivity contribution in [3.05, 3.63) is 90.8 Å². The quantitative estimate of drug-likeness (QED) is 0.218. The van der Waals surface area contributed by atoms with E-state index < -0.39 is 29.6 Å². The molecule has 2 atom stereocenters. The lowest BCUT2D eigenvalue weighted by Gasteiger charge is -2.23. The largest absolute Gasteiger partial charge is 0.481 e. The van der Waals surface area contributed by atoms with E-state index in [0.29, 0.717) is 35.5 Å². The maximum Gasteiger partial charge on any atom is 0.332 e. The van der Waals surface area contributed by atoms with Gasteiger partial charge in [-0.3, -0.25) is 13.9 Å². The zero-order valence-electron chi connectivity index (χ0n) is 28.5. The van der Waals surface area contributed by atoms with Crippen LogP contribution in [0.3, 0.4) is 0 Å². The summed E-state index contributed by atoms with van der Waals surface area (Å²) in [5, 5.41) is 12.4. The van der Waals surface area contributed by atoms with E-state index in [9.17, 15) is 18.4 Å². The number of aryl methyl sites for hydroxylation is 2. The molecule has 0 spiro atoms. The third-order valence-electron chi connectivity index (χ3n) is 9.29. The number of aliphatic hydroxyl groups excluding tert-OH is 1. The molecule has 268 valence electrons. The number of ether oxygens (including phenoxy) is 2. The molecule has 2 aliphatic rings. The van der Waals surface area contributed by atoms with E-state index in [1.165, 1.54) is 19.7 Å². The number of nitrogens with two attached hydrogens (primary N) is 1. The van der Waals surface area contributed by atoms with Crippen LogP contribution in [0.2, 0.25) is 5.02 Å². The van der Waals surface area contributed by atoms with Gasteiger partial charge in [-0.05, 0) is 61.4 Å². The summed E-state index contributed by atoms with van der Waals surface area (Å²) in [4.78, 5) is 38.2. The summed E-state index contributed by atoms with van der Waals surface area (Å²) in [6.07, 6.45) is 0.246. The van der Waals surface area contributed by atoms with Crippen LogP contribution in [0.4, 0.5) is 20.3 Å². The Balaban J connectivity index is 0.000000495. The zero-order valence-corrected chi connectivity index (χ0v) is 29.3. The molecule has 0 amide bonds. The second-order valence-corrected chi connectivity index (χ2v) is 12.9. The Morgan fingerprint density at radius 3 is 2.47 bits per heavy atom. The lowest BCUT2D eigenvalue weighted by molar-refractivity contribution is -0.0182. The number of pyridine rings is 1. The molecule has 1 fully saturated rings. The number of fused-ring (bicyclic) bond motifs is 2. The third kappa shape index (κ3) is 6.96. The first-order valence-electron chi connectivity index (χ1n) is 16.4. The van der Waals surface area contributed by atoms with Crippen molar-refractivity contribution >= 4 is 34.1 Å². The van der Waals surface area contributed by atoms with Crippen LogP contribution >= 0.6 is 11.6 Å². The molecule has 2 unspecified atom stereocenters. The van der Waals surface area contributed by atoms with Gasteiger partial charge in [0.05, 0.1) is 30.5 Å². The highest BCUT2D eigenvalue weighted by molar-refractivity contribution is 6.36. The van der Waals surface area contributed by atoms with Gasteiger partial charge in [-0.1, -0.05) is 41.9 Å². The van der Waals surface area contributed by atoms with Gasteiger partial charge in [-0.25, -0.2) is 28.5 Å². The molecule has 5 aromatic rings. The fourth-order valence-corrected chi connectivity index (χ4v) is 6.71. The average Bonchev–Trinajstić information content (AvgIpc) is 3.61. The van der Waals surface area contributed by atoms with E-state index in [2.05, 4.69) is 21.4 Å². The first-order valence-corrected chi connectivity index (χ1v) is 16.8. The lowest BCUT2D eigenvalue weighted by atomic mass is 9.96. The number of aliphatic hydroxyl groups is 1. The summed E-state index contributed by atoms with van der Waals surface area (Å²) in [6.45, 7) is 2.95. The molecule has 3 aromatic heterocycles. The van der Waals surface area contributed by atoms with E-state index in [1.807, 2.05) is 31.2 Å². The van der Waals surface area contributed by atoms with Crippen LogP contribution < -0.4 is 27.0 Å². The predicted molar refractivity (Wildman–Crippen MR) is 191 cm³/mol. The normalized spacial score (nSPS) is 16.9. The molecule has 4 heterocycles. The van der Waals surface area contributed by atoms with Gasteiger partial charge >= 0.3 is 5.69 Å². The zero-order chi connectivity index (χ0) is 36.6. The van der Waals surface area contributed by atoms with E-state index >= 15 is 0 Å². The number of aromatic nitrogens is 5. The molecule has 2 aromatic carbocycles. The van der Waals surface area contributed by atoms with Gasteiger partial charge in [0, 0.05) is 49.1 Å². The molecule has 4 N–H and O–H groups in total. The minimum Gasteiger partial charge on any atom is -0.481 e. The van der Waals surface area contributed by atoms with Crippen molar-refractivity contribution < 1.29 is 23.4 Å². The smallest absolute Gasteiger partial charge is 0.332 e. The molecule has 15 heteroatoms. The van der Waals surface area contributed by atoms with E-state index in [1.54, 1.807) is 19.2 Å². The van der Waals surface area contributed by atoms with E-state index in [-0.39, 0.29) is 22.9 Å². The Morgan fingerprint density at radius 2 is 1.78 bits per heavy atom. The average molecular weight is 722 g/mol. The maximum atomic E-state index is 13.8. The van der Waals surface area contributed by atoms with Crippen LogP contribution in [0.5, 0.6) is 5.88 Å². The molecular formula is C36H38ClF2N7O5. The van der Waals surface area contributed by atoms with Crippen molar-refractivity contribution in [3.63, 3.8) is 0 Å². The number of hydrogen-bond donors (Lipinski definition) is 3. The van der Waals surface area contributed by atoms with Crippen LogP contribution in [-0.2, 0) is 31.7 Å². The number of halogens is 3. The van der Waals surface area contributed by atoms with E-state index in [0.717, 1.165) is 62.6 Å². The Kier molecular flexibility index (Phi) is 10.5. The minimum absolute atomic E-state index is 0.0660. The summed E-state index contributed by atoms with van der Waals surface area (Å²) in [7, 11) is 4.29. The van der Waals surface area contributed by atoms with Crippen molar-refractivity contribution in [2.75, 3.05) is 25.6 Å². The second kappa shape index (κ2) is 14.8. The van der Waals surface area contributed by atoms with Crippen molar-refractivity contribution in [2.45, 2.75) is 51.2 Å². The van der Waals surface area contributed by atoms with Crippen LogP contribution in [0.1, 0.15) is 41.8 Å². The Labute approximate surface area is 296 Å². The molecule has 7 rings (SSSR count). The van der Waals surface area contributed by atoms with Crippen molar-refractivity contribution in [1.82, 2.24) is 24.1 Å². The van der Waals surface area contributed by atoms with Crippen LogP contribution in [0.15, 0.2) is 52.1 Å². The van der Waals surface area contributed by atoms with Crippen LogP contribution in [-0.4, -0.2) is 61.7 Å². The molecule has 0 bridgehead atoms. The van der Waals surface area contributed by atoms with Gasteiger partial charge in [0.2, 0.25) is 5.88 Å². The predicted octanol–water partition coefficient (Wildman–Crippen LogP) is 4.99. The summed E-state index contributed by atoms with van der Waals surface area (Å²) >= 11 is 7.03. The van der Waals surface area contributed by atoms with Gasteiger partial charge in [-0.15, -0.1) is 0 Å². The standard InChI is InChI=1S/C31H27ClF2N6O3.C5H11NO2/c1-15-17(19-11-6-12-20(24(19)32)22-14-16-8-5-10-18(16)29(36-22)43-4)9-7-13-21(15)35-26-23-28(38-27(37-26)25(33)34)39(2)31(42)40(3)30(23)41;6-4-1-2-8-3-5(4)7/h6-7,9,11-14,25H,5,8,10H2,1-4H3,(H,35,37,38);4-5,7H,1-3,6H2. The Morgan fingerprint density at radius 1 is 1.06 bits per heavy atom. The van der Waals surface area contributed by atoms with Crippen molar-refractivity contribution in [3.8, 4) is 28.3 Å². The first kappa shape index (κ1) is 36.0. The van der Waals surface area contributed by atoms with Gasteiger partial charge in [0.25, 0.3) is 12.0 Å². The summed E-state index contributed by atoms with van der Waals surface area (Å²) in [5.41, 5.74) is 10.4. The molecule has 51 heavy (non-hydrogen) atoms. The molecule has 1 saturated heterocycles. The second-order valence-electron chi connectivity index (χ2n) is 12.5. The summed E-state index contributed by atoms with van der Waals surface area (Å²) in [6, 6.07) is 13.1. The van der Waals surface area contributed by atoms with E-state index in [4.69, 9.17) is 36.9 Å². The number of rotatable bonds is 6. The van der Waals surface area contributed by atoms with Crippen LogP contribution in [0, 0.1) is 6.92 Å². The number of anilines is 2. The maximum absolute atomic E-state index is 13.8. The molecule has 0 radical (unpaired) electrons. The number of benzene rings is 2. The van der Waals surface area contributed by atoms with Crippen molar-refractivity contribution in [2.24, 2.45) is 19.8 Å². The lowest BCUT2D eigenvalue weighted by Crippen LogP contribution is -2.42. The summed E-state index contributed by atoms with van der Waals surface area (Å²) < 4.78 is 40.0. The minimum atomic E-state index is -3.02. The number of nitrogens with one attached hydrogen (secondary N) is 1. The van der Waals surface area contributed by atoms with Crippen LogP contribution in [0.25, 0.3) is 33.4 Å². The molecule has 12 nitrogen and oxygen atoms in total. The number of nitrogens with zero attached hydrogens (tertiary/aromatic N) is 5. The third-order valence-corrected chi connectivity index (χ3v) is 9.69. The number of alkyl halides is 2. The SMILES string of the molecule is COc1nc(-c2cccc(-c3cccc(Nc4nc(C(F)F)nc5c4c(=O)n(C)c(=O)n5C)c3C)c2Cl)cc2c1CCC2.NC1CCOCC1O. The highest BCUT2D eigenvalue weighted by Gasteiger charge is 2.24. The molecule has 1 aliphatic heterocycles. The highest BCUT2D eigenvalue weighted by atomic mass is 35.5. The fraction of sp³-hybridized carbons (Fsp3) is 0.361. The van der Waals surface area contributed by atoms with Gasteiger partial charge in [0.15, 0.2) is 11.5 Å². The van der Waals surface area contributed by atoms with Gasteiger partial charge < -0.3 is 25.6 Å². The Hall–Kier alpha value is -4.76. The summed E-state index contributed by atoms with van der Waals surface area (Å²) in [5.74, 6) is -0.330. The monoisotopic (exact) mass is 721 g/mol. The van der Waals surface area contributed by atoms with Crippen molar-refractivity contribution in [1.29, 1.82) is 0 Å². The Bertz CT molecular complexity index is 2230. The highest BCUT2D eigenvalue weighted by Crippen LogP contribution is 2.41. The molecule has 1 aliphatic carbocycles. The molecule has 0 saturated carbocycles. The van der Waals surface area contributed by atoms with Gasteiger partial charge in [-0.2, -0.15) is 0 Å². The van der Waals surface area contributed by atoms with Gasteiger partial charge in [0.1, 0.15) is 11.2 Å². The first-order chi connectivity index (χ1) is 24.4. The number of hydrogen-bond acceptors (Lipinski definition) is 10. The topological polar surface area (TPSA) is 159 Å². The number of methoxy groups -OCH3 is 1. The fourth-order valence-electron chi connectivity index (χ4n) is 6.38.